The normalized spacial score (nSPS) is 31.5. The average molecular weight is 297 g/mol. The Morgan fingerprint density at radius 3 is 3.00 bits per heavy atom. The van der Waals surface area contributed by atoms with Gasteiger partial charge in [0.2, 0.25) is 0 Å². The topological polar surface area (TPSA) is 20.2 Å². The number of hydrogen-bond acceptors (Lipinski definition) is 0. The predicted molar refractivity (Wildman–Crippen MR) is 92.3 cm³/mol. The summed E-state index contributed by atoms with van der Waals surface area (Å²) in [5.41, 5.74) is 4.81. The number of aryl methyl sites for hydroxylation is 1. The number of nitrogens with one attached hydrogen (secondary N) is 2. The largest absolute Gasteiger partial charge is 0.353 e. The van der Waals surface area contributed by atoms with E-state index in [0.29, 0.717) is 5.54 Å². The van der Waals surface area contributed by atoms with Crippen LogP contribution in [0.4, 0.5) is 0 Å². The zero-order valence-corrected chi connectivity index (χ0v) is 14.0. The average Bonchev–Trinajstić information content (AvgIpc) is 2.83. The van der Waals surface area contributed by atoms with E-state index in [1.807, 2.05) is 4.90 Å². The first-order valence-corrected chi connectivity index (χ1v) is 9.20. The summed E-state index contributed by atoms with van der Waals surface area (Å²) < 4.78 is 0. The van der Waals surface area contributed by atoms with Gasteiger partial charge in [0.15, 0.2) is 0 Å². The summed E-state index contributed by atoms with van der Waals surface area (Å²) in [6.45, 7) is 6.22. The standard InChI is InChI=1S/C20H28N2/c1-3-8-15-9-6-13-20(2)19-17(11-7-14-22(15)20)16-10-4-5-12-18(16)21-19/h4-5,10,12,15,21H,3,6-9,11,13-14H2,1-2H3/p+1/t15-,20-/m1/s1. The molecule has 118 valence electrons. The maximum atomic E-state index is 3.84. The van der Waals surface area contributed by atoms with E-state index in [-0.39, 0.29) is 0 Å². The molecule has 0 bridgehead atoms. The van der Waals surface area contributed by atoms with Crippen molar-refractivity contribution in [1.82, 2.24) is 4.98 Å². The van der Waals surface area contributed by atoms with Gasteiger partial charge in [0.1, 0.15) is 5.54 Å². The molecule has 0 radical (unpaired) electrons. The first kappa shape index (κ1) is 14.3. The zero-order valence-electron chi connectivity index (χ0n) is 14.0. The molecule has 0 saturated carbocycles. The molecular weight excluding hydrogens is 268 g/mol. The summed E-state index contributed by atoms with van der Waals surface area (Å²) in [6, 6.07) is 9.77. The van der Waals surface area contributed by atoms with Gasteiger partial charge in [-0.1, -0.05) is 31.5 Å². The third-order valence-electron chi connectivity index (χ3n) is 6.31. The molecule has 3 atom stereocenters. The Labute approximate surface area is 133 Å². The van der Waals surface area contributed by atoms with E-state index < -0.39 is 0 Å². The molecule has 0 amide bonds. The van der Waals surface area contributed by atoms with E-state index in [9.17, 15) is 0 Å². The van der Waals surface area contributed by atoms with Gasteiger partial charge < -0.3 is 9.88 Å². The number of H-pyrrole nitrogens is 1. The molecule has 0 spiro atoms. The van der Waals surface area contributed by atoms with Crippen molar-refractivity contribution in [3.8, 4) is 0 Å². The highest BCUT2D eigenvalue weighted by Gasteiger charge is 2.47. The quantitative estimate of drug-likeness (QED) is 0.845. The number of para-hydroxylation sites is 1. The monoisotopic (exact) mass is 297 g/mol. The molecule has 0 aliphatic carbocycles. The van der Waals surface area contributed by atoms with Crippen LogP contribution in [0, 0.1) is 0 Å². The summed E-state index contributed by atoms with van der Waals surface area (Å²) >= 11 is 0. The van der Waals surface area contributed by atoms with Gasteiger partial charge in [-0.2, -0.15) is 0 Å². The van der Waals surface area contributed by atoms with Crippen molar-refractivity contribution in [3.05, 3.63) is 35.5 Å². The van der Waals surface area contributed by atoms with E-state index in [0.717, 1.165) is 6.04 Å². The van der Waals surface area contributed by atoms with E-state index >= 15 is 0 Å². The minimum atomic E-state index is 0.295. The highest BCUT2D eigenvalue weighted by molar-refractivity contribution is 5.85. The van der Waals surface area contributed by atoms with Gasteiger partial charge in [0, 0.05) is 23.7 Å². The first-order valence-electron chi connectivity index (χ1n) is 9.20. The second-order valence-corrected chi connectivity index (χ2v) is 7.61. The Morgan fingerprint density at radius 1 is 1.27 bits per heavy atom. The third-order valence-corrected chi connectivity index (χ3v) is 6.31. The molecule has 1 fully saturated rings. The third kappa shape index (κ3) is 2.04. The van der Waals surface area contributed by atoms with Crippen LogP contribution in [0.15, 0.2) is 24.3 Å². The Hall–Kier alpha value is -1.28. The van der Waals surface area contributed by atoms with Crippen molar-refractivity contribution in [2.24, 2.45) is 0 Å². The lowest BCUT2D eigenvalue weighted by Crippen LogP contribution is -3.22. The minimum Gasteiger partial charge on any atom is -0.353 e. The molecular formula is C20H29N2+. The van der Waals surface area contributed by atoms with Crippen LogP contribution in [0.1, 0.15) is 63.6 Å². The minimum absolute atomic E-state index is 0.295. The lowest BCUT2D eigenvalue weighted by Gasteiger charge is -2.45. The highest BCUT2D eigenvalue weighted by atomic mass is 15.2. The van der Waals surface area contributed by atoms with E-state index in [2.05, 4.69) is 43.1 Å². The van der Waals surface area contributed by atoms with Gasteiger partial charge in [-0.05, 0) is 44.2 Å². The van der Waals surface area contributed by atoms with Crippen LogP contribution in [-0.4, -0.2) is 17.6 Å². The summed E-state index contributed by atoms with van der Waals surface area (Å²) in [5.74, 6) is 0. The molecule has 2 aromatic rings. The van der Waals surface area contributed by atoms with Crippen molar-refractivity contribution in [3.63, 3.8) is 0 Å². The zero-order chi connectivity index (χ0) is 15.2. The highest BCUT2D eigenvalue weighted by Crippen LogP contribution is 2.36. The van der Waals surface area contributed by atoms with Gasteiger partial charge in [-0.25, -0.2) is 0 Å². The van der Waals surface area contributed by atoms with Crippen molar-refractivity contribution in [2.45, 2.75) is 70.4 Å². The first-order chi connectivity index (χ1) is 10.7. The van der Waals surface area contributed by atoms with Gasteiger partial charge in [-0.15, -0.1) is 0 Å². The molecule has 4 rings (SSSR count). The van der Waals surface area contributed by atoms with Gasteiger partial charge >= 0.3 is 0 Å². The molecule has 1 unspecified atom stereocenters. The van der Waals surface area contributed by atoms with Crippen LogP contribution in [0.5, 0.6) is 0 Å². The summed E-state index contributed by atoms with van der Waals surface area (Å²) in [5, 5.41) is 1.47. The number of fused-ring (bicyclic) bond motifs is 5. The number of quaternary nitrogens is 1. The molecule has 2 aliphatic heterocycles. The number of aromatic amines is 1. The molecule has 1 saturated heterocycles. The van der Waals surface area contributed by atoms with Gasteiger partial charge in [0.05, 0.1) is 18.3 Å². The van der Waals surface area contributed by atoms with Crippen molar-refractivity contribution >= 4 is 10.9 Å². The van der Waals surface area contributed by atoms with Gasteiger partial charge in [0.25, 0.3) is 0 Å². The fourth-order valence-electron chi connectivity index (χ4n) is 5.31. The fraction of sp³-hybridized carbons (Fsp3) is 0.600. The molecule has 2 aliphatic rings. The maximum Gasteiger partial charge on any atom is 0.136 e. The van der Waals surface area contributed by atoms with Crippen LogP contribution < -0.4 is 4.90 Å². The van der Waals surface area contributed by atoms with Crippen LogP contribution >= 0.6 is 0 Å². The Kier molecular flexibility index (Phi) is 3.53. The second-order valence-electron chi connectivity index (χ2n) is 7.61. The Morgan fingerprint density at radius 2 is 2.14 bits per heavy atom. The molecule has 22 heavy (non-hydrogen) atoms. The molecule has 2 heteroatoms. The molecule has 1 aromatic carbocycles. The number of hydrogen-bond donors (Lipinski definition) is 2. The number of rotatable bonds is 2. The van der Waals surface area contributed by atoms with E-state index in [1.165, 1.54) is 62.4 Å². The molecule has 1 aromatic heterocycles. The molecule has 2 N–H and O–H groups in total. The SMILES string of the molecule is CCC[C@@H]1CCC[C@]2(C)c3[nH]c4ccccc4c3CCC[NH+]12. The Bertz CT molecular complexity index is 669. The van der Waals surface area contributed by atoms with E-state index in [1.54, 1.807) is 11.3 Å². The van der Waals surface area contributed by atoms with Crippen LogP contribution in [-0.2, 0) is 12.0 Å². The summed E-state index contributed by atoms with van der Waals surface area (Å²) in [4.78, 5) is 5.70. The second kappa shape index (κ2) is 5.42. The maximum absolute atomic E-state index is 3.84. The lowest BCUT2D eigenvalue weighted by atomic mass is 9.80. The van der Waals surface area contributed by atoms with Crippen molar-refractivity contribution < 1.29 is 4.90 Å². The fourth-order valence-corrected chi connectivity index (χ4v) is 5.31. The number of aromatic nitrogens is 1. The predicted octanol–water partition coefficient (Wildman–Crippen LogP) is 3.57. The summed E-state index contributed by atoms with van der Waals surface area (Å²) in [6.07, 6.45) is 9.44. The van der Waals surface area contributed by atoms with Crippen molar-refractivity contribution in [2.75, 3.05) is 6.54 Å². The number of piperidine rings is 1. The van der Waals surface area contributed by atoms with Crippen molar-refractivity contribution in [1.29, 1.82) is 0 Å². The smallest absolute Gasteiger partial charge is 0.136 e. The van der Waals surface area contributed by atoms with Crippen LogP contribution in [0.25, 0.3) is 10.9 Å². The van der Waals surface area contributed by atoms with Crippen LogP contribution in [0.2, 0.25) is 0 Å². The van der Waals surface area contributed by atoms with E-state index in [4.69, 9.17) is 0 Å². The molecule has 2 nitrogen and oxygen atoms in total. The Balaban J connectivity index is 1.85. The summed E-state index contributed by atoms with van der Waals surface area (Å²) in [7, 11) is 0. The molecule has 3 heterocycles. The number of benzene rings is 1. The lowest BCUT2D eigenvalue weighted by molar-refractivity contribution is -0.988. The van der Waals surface area contributed by atoms with Gasteiger partial charge in [-0.3, -0.25) is 0 Å². The van der Waals surface area contributed by atoms with Crippen LogP contribution in [0.3, 0.4) is 0 Å².